The van der Waals surface area contributed by atoms with Crippen LogP contribution in [0.4, 0.5) is 21.2 Å². The number of rotatable bonds is 6. The Balaban J connectivity index is 1.90. The quantitative estimate of drug-likeness (QED) is 0.426. The van der Waals surface area contributed by atoms with Gasteiger partial charge in [0.2, 0.25) is 8.41 Å². The third kappa shape index (κ3) is 3.86. The number of fused-ring (bicyclic) bond motifs is 2. The first-order chi connectivity index (χ1) is 16.0. The summed E-state index contributed by atoms with van der Waals surface area (Å²) >= 11 is 0. The fourth-order valence-electron chi connectivity index (χ4n) is 5.53. The normalized spacial score (nSPS) is 27.2. The van der Waals surface area contributed by atoms with Crippen molar-refractivity contribution in [2.45, 2.75) is 56.7 Å². The minimum absolute atomic E-state index is 0.178. The van der Waals surface area contributed by atoms with Gasteiger partial charge in [-0.05, 0) is 56.8 Å². The number of benzene rings is 2. The van der Waals surface area contributed by atoms with Crippen molar-refractivity contribution in [2.75, 3.05) is 16.8 Å². The Labute approximate surface area is 199 Å². The Morgan fingerprint density at radius 2 is 1.94 bits per heavy atom. The van der Waals surface area contributed by atoms with Crippen LogP contribution in [0.2, 0.25) is 18.6 Å². The molecule has 0 radical (unpaired) electrons. The van der Waals surface area contributed by atoms with Crippen molar-refractivity contribution < 1.29 is 28.6 Å². The molecule has 0 bridgehead atoms. The summed E-state index contributed by atoms with van der Waals surface area (Å²) in [6.45, 7) is 6.24. The standard InChI is InChI=1S/C25H31FN2O5Si/c1-15-22(34(3,4)26)21(12-13-29)33-25(15)19-14-17(27-23(31)16(2)30)10-11-20(19)28(24(25)32)18-8-6-5-7-9-18/h5-11,14-16,21-22,29-30H,12-13H2,1-4H3,(H,27,31)/t15-,16+,21+,22-,25+/m1/s1. The molecule has 1 saturated heterocycles. The molecule has 1 fully saturated rings. The van der Waals surface area contributed by atoms with E-state index in [0.717, 1.165) is 0 Å². The van der Waals surface area contributed by atoms with Crippen molar-refractivity contribution in [3.8, 4) is 0 Å². The second-order valence-electron chi connectivity index (χ2n) is 9.66. The molecule has 0 unspecified atom stereocenters. The summed E-state index contributed by atoms with van der Waals surface area (Å²) in [4.78, 5) is 27.9. The van der Waals surface area contributed by atoms with Crippen LogP contribution in [0.5, 0.6) is 0 Å². The smallest absolute Gasteiger partial charge is 0.268 e. The SMILES string of the molecule is C[C@H](O)C(=O)Nc1ccc2c(c1)[C@]1(O[C@@H](CCO)[C@H]([Si](C)(C)F)[C@H]1C)C(=O)N2c1ccccc1. The van der Waals surface area contributed by atoms with Gasteiger partial charge in [0.05, 0.1) is 11.8 Å². The number of anilines is 3. The van der Waals surface area contributed by atoms with Gasteiger partial charge in [-0.3, -0.25) is 14.5 Å². The molecule has 2 aromatic carbocycles. The summed E-state index contributed by atoms with van der Waals surface area (Å²) < 4.78 is 22.1. The van der Waals surface area contributed by atoms with Gasteiger partial charge in [0.15, 0.2) is 5.60 Å². The molecule has 2 aromatic rings. The van der Waals surface area contributed by atoms with Crippen LogP contribution in [-0.4, -0.2) is 49.2 Å². The van der Waals surface area contributed by atoms with E-state index in [-0.39, 0.29) is 18.9 Å². The number of carbonyl (C=O) groups is 2. The lowest BCUT2D eigenvalue weighted by atomic mass is 9.82. The van der Waals surface area contributed by atoms with Crippen LogP contribution in [0.1, 0.15) is 25.8 Å². The third-order valence-electron chi connectivity index (χ3n) is 6.94. The van der Waals surface area contributed by atoms with Gasteiger partial charge in [-0.25, -0.2) is 0 Å². The molecular formula is C25H31FN2O5Si. The maximum Gasteiger partial charge on any atom is 0.268 e. The van der Waals surface area contributed by atoms with Crippen molar-refractivity contribution in [1.82, 2.24) is 0 Å². The predicted molar refractivity (Wildman–Crippen MR) is 130 cm³/mol. The molecule has 0 aromatic heterocycles. The number of amides is 2. The van der Waals surface area contributed by atoms with Crippen LogP contribution >= 0.6 is 0 Å². The summed E-state index contributed by atoms with van der Waals surface area (Å²) in [5.41, 5.74) is 0.226. The molecule has 2 aliphatic heterocycles. The fraction of sp³-hybridized carbons (Fsp3) is 0.440. The van der Waals surface area contributed by atoms with Gasteiger partial charge in [-0.2, -0.15) is 0 Å². The summed E-state index contributed by atoms with van der Waals surface area (Å²) in [6, 6.07) is 14.2. The number of aliphatic hydroxyl groups is 2. The van der Waals surface area contributed by atoms with Crippen LogP contribution in [0.15, 0.2) is 48.5 Å². The molecule has 0 saturated carbocycles. The van der Waals surface area contributed by atoms with Crippen LogP contribution in [0.3, 0.4) is 0 Å². The molecule has 9 heteroatoms. The van der Waals surface area contributed by atoms with E-state index < -0.39 is 43.6 Å². The molecule has 1 spiro atoms. The van der Waals surface area contributed by atoms with Gasteiger partial charge in [-0.1, -0.05) is 25.1 Å². The van der Waals surface area contributed by atoms with Gasteiger partial charge in [-0.15, -0.1) is 0 Å². The zero-order valence-corrected chi connectivity index (χ0v) is 20.8. The summed E-state index contributed by atoms with van der Waals surface area (Å²) in [6.07, 6.45) is -1.60. The van der Waals surface area contributed by atoms with E-state index in [0.29, 0.717) is 22.6 Å². The Morgan fingerprint density at radius 3 is 2.53 bits per heavy atom. The summed E-state index contributed by atoms with van der Waals surface area (Å²) in [5.74, 6) is -1.39. The number of nitrogens with zero attached hydrogens (tertiary/aromatic N) is 1. The van der Waals surface area contributed by atoms with Gasteiger partial charge in [0.25, 0.3) is 11.8 Å². The molecule has 2 heterocycles. The molecule has 2 amide bonds. The Kier molecular flexibility index (Phi) is 6.41. The van der Waals surface area contributed by atoms with Gasteiger partial charge < -0.3 is 24.4 Å². The number of para-hydroxylation sites is 1. The van der Waals surface area contributed by atoms with Gasteiger partial charge >= 0.3 is 0 Å². The van der Waals surface area contributed by atoms with E-state index in [1.165, 1.54) is 6.92 Å². The Morgan fingerprint density at radius 1 is 1.26 bits per heavy atom. The highest BCUT2D eigenvalue weighted by atomic mass is 28.4. The topological polar surface area (TPSA) is 99.1 Å². The minimum atomic E-state index is -3.30. The highest BCUT2D eigenvalue weighted by Gasteiger charge is 2.66. The van der Waals surface area contributed by atoms with Crippen LogP contribution in [0, 0.1) is 5.92 Å². The number of ether oxygens (including phenoxy) is 1. The van der Waals surface area contributed by atoms with E-state index in [2.05, 4.69) is 5.32 Å². The molecule has 182 valence electrons. The van der Waals surface area contributed by atoms with Gasteiger partial charge in [0, 0.05) is 35.0 Å². The molecule has 34 heavy (non-hydrogen) atoms. The van der Waals surface area contributed by atoms with Crippen molar-refractivity contribution in [3.05, 3.63) is 54.1 Å². The van der Waals surface area contributed by atoms with Crippen LogP contribution < -0.4 is 10.2 Å². The van der Waals surface area contributed by atoms with E-state index in [1.54, 1.807) is 36.2 Å². The molecule has 2 aliphatic rings. The molecular weight excluding hydrogens is 455 g/mol. The average Bonchev–Trinajstić information content (AvgIpc) is 3.20. The summed E-state index contributed by atoms with van der Waals surface area (Å²) in [7, 11) is -3.30. The van der Waals surface area contributed by atoms with Crippen molar-refractivity contribution in [2.24, 2.45) is 5.92 Å². The molecule has 7 nitrogen and oxygen atoms in total. The first kappa shape index (κ1) is 24.5. The maximum absolute atomic E-state index is 15.6. The maximum atomic E-state index is 15.6. The fourth-order valence-corrected chi connectivity index (χ4v) is 8.07. The number of hydrogen-bond donors (Lipinski definition) is 3. The Hall–Kier alpha value is -2.59. The zero-order valence-electron chi connectivity index (χ0n) is 19.8. The monoisotopic (exact) mass is 486 g/mol. The molecule has 4 rings (SSSR count). The van der Waals surface area contributed by atoms with Crippen LogP contribution in [0.25, 0.3) is 0 Å². The average molecular weight is 487 g/mol. The number of halogens is 1. The highest BCUT2D eigenvalue weighted by molar-refractivity contribution is 6.72. The first-order valence-electron chi connectivity index (χ1n) is 11.5. The minimum Gasteiger partial charge on any atom is -0.396 e. The number of hydrogen-bond acceptors (Lipinski definition) is 5. The third-order valence-corrected chi connectivity index (χ3v) is 9.40. The van der Waals surface area contributed by atoms with Crippen molar-refractivity contribution in [1.29, 1.82) is 0 Å². The first-order valence-corrected chi connectivity index (χ1v) is 14.5. The molecule has 3 N–H and O–H groups in total. The number of nitrogens with one attached hydrogen (secondary N) is 1. The lowest BCUT2D eigenvalue weighted by Gasteiger charge is -2.31. The largest absolute Gasteiger partial charge is 0.396 e. The lowest BCUT2D eigenvalue weighted by molar-refractivity contribution is -0.145. The van der Waals surface area contributed by atoms with Crippen molar-refractivity contribution in [3.63, 3.8) is 0 Å². The van der Waals surface area contributed by atoms with E-state index in [9.17, 15) is 19.8 Å². The molecule has 0 aliphatic carbocycles. The second kappa shape index (κ2) is 8.88. The number of aliphatic hydroxyl groups excluding tert-OH is 2. The highest BCUT2D eigenvalue weighted by Crippen LogP contribution is 2.61. The van der Waals surface area contributed by atoms with E-state index >= 15 is 4.11 Å². The van der Waals surface area contributed by atoms with E-state index in [1.807, 2.05) is 37.3 Å². The number of carbonyl (C=O) groups excluding carboxylic acids is 2. The van der Waals surface area contributed by atoms with E-state index in [4.69, 9.17) is 4.74 Å². The lowest BCUT2D eigenvalue weighted by Crippen LogP contribution is -2.44. The second-order valence-corrected chi connectivity index (χ2v) is 13.5. The van der Waals surface area contributed by atoms with Gasteiger partial charge in [0.1, 0.15) is 6.10 Å². The Bertz CT molecular complexity index is 1090. The molecule has 5 atom stereocenters. The predicted octanol–water partition coefficient (Wildman–Crippen LogP) is 3.84. The van der Waals surface area contributed by atoms with Crippen molar-refractivity contribution >= 4 is 37.3 Å². The summed E-state index contributed by atoms with van der Waals surface area (Å²) in [5, 5.41) is 21.9. The zero-order chi connectivity index (χ0) is 24.8. The van der Waals surface area contributed by atoms with Crippen LogP contribution in [-0.2, 0) is 19.9 Å².